The number of sulfonamides is 1. The lowest BCUT2D eigenvalue weighted by atomic mass is 10.0. The van der Waals surface area contributed by atoms with Crippen LogP contribution >= 0.6 is 0 Å². The van der Waals surface area contributed by atoms with Crippen molar-refractivity contribution in [2.75, 3.05) is 12.8 Å². The van der Waals surface area contributed by atoms with Gasteiger partial charge in [-0.2, -0.15) is 17.5 Å². The van der Waals surface area contributed by atoms with Gasteiger partial charge in [0.2, 0.25) is 21.5 Å². The minimum Gasteiger partial charge on any atom is -0.479 e. The van der Waals surface area contributed by atoms with Crippen LogP contribution in [0.15, 0.2) is 0 Å². The second kappa shape index (κ2) is 5.44. The number of carbonyl (C=O) groups is 2. The number of carboxylic acid groups (broad SMARTS) is 1. The molecular formula is C10H15F3N2O5S. The van der Waals surface area contributed by atoms with Crippen molar-refractivity contribution in [1.82, 2.24) is 9.62 Å². The fourth-order valence-electron chi connectivity index (χ4n) is 1.97. The smallest absolute Gasteiger partial charge is 0.422 e. The lowest BCUT2D eigenvalue weighted by molar-refractivity contribution is -0.207. The highest BCUT2D eigenvalue weighted by Gasteiger charge is 2.59. The van der Waals surface area contributed by atoms with Crippen LogP contribution in [0.1, 0.15) is 19.8 Å². The Balaban J connectivity index is 3.02. The Morgan fingerprint density at radius 2 is 1.86 bits per heavy atom. The third kappa shape index (κ3) is 3.46. The zero-order chi connectivity index (χ0) is 16.6. The molecule has 2 atom stereocenters. The molecule has 0 spiro atoms. The first-order valence-electron chi connectivity index (χ1n) is 5.89. The molecule has 1 fully saturated rings. The lowest BCUT2D eigenvalue weighted by Crippen LogP contribution is -2.64. The van der Waals surface area contributed by atoms with E-state index in [4.69, 9.17) is 5.11 Å². The van der Waals surface area contributed by atoms with Crippen molar-refractivity contribution in [2.24, 2.45) is 0 Å². The topological polar surface area (TPSA) is 104 Å². The Hall–Kier alpha value is -1.36. The molecule has 2 unspecified atom stereocenters. The fourth-order valence-corrected chi connectivity index (χ4v) is 3.10. The largest absolute Gasteiger partial charge is 0.479 e. The van der Waals surface area contributed by atoms with E-state index in [9.17, 15) is 31.2 Å². The third-order valence-corrected chi connectivity index (χ3v) is 4.59. The zero-order valence-corrected chi connectivity index (χ0v) is 12.1. The second-order valence-electron chi connectivity index (χ2n) is 4.95. The van der Waals surface area contributed by atoms with E-state index in [1.165, 1.54) is 5.32 Å². The number of hydrogen-bond donors (Lipinski definition) is 2. The van der Waals surface area contributed by atoms with Crippen molar-refractivity contribution >= 4 is 21.9 Å². The van der Waals surface area contributed by atoms with E-state index >= 15 is 0 Å². The molecule has 11 heteroatoms. The Labute approximate surface area is 119 Å². The first-order chi connectivity index (χ1) is 9.30. The summed E-state index contributed by atoms with van der Waals surface area (Å²) >= 11 is 0. The molecular weight excluding hydrogens is 317 g/mol. The van der Waals surface area contributed by atoms with Crippen LogP contribution in [0.25, 0.3) is 0 Å². The predicted molar refractivity (Wildman–Crippen MR) is 64.8 cm³/mol. The van der Waals surface area contributed by atoms with Crippen LogP contribution in [0.5, 0.6) is 0 Å². The van der Waals surface area contributed by atoms with Gasteiger partial charge in [-0.15, -0.1) is 0 Å². The van der Waals surface area contributed by atoms with Gasteiger partial charge in [-0.25, -0.2) is 13.2 Å². The summed E-state index contributed by atoms with van der Waals surface area (Å²) in [5, 5.41) is 10.1. The molecule has 1 aliphatic rings. The van der Waals surface area contributed by atoms with Crippen LogP contribution in [-0.4, -0.2) is 60.3 Å². The summed E-state index contributed by atoms with van der Waals surface area (Å²) in [5.74, 6) is -3.55. The maximum atomic E-state index is 12.8. The molecule has 0 aliphatic carbocycles. The van der Waals surface area contributed by atoms with Gasteiger partial charge in [0.25, 0.3) is 0 Å². The monoisotopic (exact) mass is 332 g/mol. The number of amides is 1. The van der Waals surface area contributed by atoms with Crippen molar-refractivity contribution in [3.63, 3.8) is 0 Å². The molecule has 122 valence electrons. The van der Waals surface area contributed by atoms with E-state index < -0.39 is 39.7 Å². The van der Waals surface area contributed by atoms with Gasteiger partial charge in [0.05, 0.1) is 6.26 Å². The minimum absolute atomic E-state index is 0.00667. The molecule has 0 aromatic carbocycles. The Morgan fingerprint density at radius 3 is 2.24 bits per heavy atom. The molecule has 1 rings (SSSR count). The van der Waals surface area contributed by atoms with Gasteiger partial charge < -0.3 is 10.4 Å². The number of carbonyl (C=O) groups excluding carboxylic acids is 1. The number of aliphatic carboxylic acids is 1. The summed E-state index contributed by atoms with van der Waals surface area (Å²) < 4.78 is 62.1. The van der Waals surface area contributed by atoms with Crippen LogP contribution in [-0.2, 0) is 19.6 Å². The molecule has 0 radical (unpaired) electrons. The van der Waals surface area contributed by atoms with Crippen molar-refractivity contribution in [2.45, 2.75) is 37.5 Å². The highest BCUT2D eigenvalue weighted by atomic mass is 32.2. The molecule has 0 aromatic rings. The summed E-state index contributed by atoms with van der Waals surface area (Å²) in [6, 6.07) is -1.33. The van der Waals surface area contributed by atoms with Crippen LogP contribution in [0.4, 0.5) is 13.2 Å². The van der Waals surface area contributed by atoms with E-state index in [0.717, 1.165) is 10.6 Å². The van der Waals surface area contributed by atoms with Crippen molar-refractivity contribution in [3.05, 3.63) is 0 Å². The summed E-state index contributed by atoms with van der Waals surface area (Å²) in [7, 11) is -3.76. The number of alkyl halides is 3. The van der Waals surface area contributed by atoms with Crippen LogP contribution in [0, 0.1) is 0 Å². The van der Waals surface area contributed by atoms with E-state index in [0.29, 0.717) is 13.3 Å². The number of carboxylic acids is 1. The molecule has 0 bridgehead atoms. The maximum Gasteiger partial charge on any atom is 0.422 e. The van der Waals surface area contributed by atoms with Gasteiger partial charge in [-0.05, 0) is 19.8 Å². The standard InChI is InChI=1S/C10H15F3N2O5S/c1-9(8(17)18,10(11,12)13)14-7(16)6-4-3-5-15(6)21(2,19)20/h6H,3-5H2,1-2H3,(H,14,16)(H,17,18). The Morgan fingerprint density at radius 1 is 1.33 bits per heavy atom. The number of hydrogen-bond acceptors (Lipinski definition) is 4. The quantitative estimate of drug-likeness (QED) is 0.750. The van der Waals surface area contributed by atoms with E-state index in [-0.39, 0.29) is 13.0 Å². The zero-order valence-electron chi connectivity index (χ0n) is 11.3. The number of halogens is 3. The molecule has 1 aliphatic heterocycles. The molecule has 2 N–H and O–H groups in total. The van der Waals surface area contributed by atoms with Crippen molar-refractivity contribution in [3.8, 4) is 0 Å². The number of nitrogens with one attached hydrogen (secondary N) is 1. The summed E-state index contributed by atoms with van der Waals surface area (Å²) in [6.45, 7) is 0.319. The molecule has 1 amide bonds. The maximum absolute atomic E-state index is 12.8. The molecule has 1 saturated heterocycles. The van der Waals surface area contributed by atoms with Gasteiger partial charge in [-0.1, -0.05) is 0 Å². The van der Waals surface area contributed by atoms with E-state index in [1.807, 2.05) is 0 Å². The molecule has 0 saturated carbocycles. The van der Waals surface area contributed by atoms with Gasteiger partial charge in [0, 0.05) is 6.54 Å². The number of nitrogens with zero attached hydrogens (tertiary/aromatic N) is 1. The number of rotatable bonds is 4. The van der Waals surface area contributed by atoms with E-state index in [1.54, 1.807) is 0 Å². The summed E-state index contributed by atoms with van der Waals surface area (Å²) in [5.41, 5.74) is -3.48. The second-order valence-corrected chi connectivity index (χ2v) is 6.88. The van der Waals surface area contributed by atoms with Gasteiger partial charge in [-0.3, -0.25) is 4.79 Å². The fraction of sp³-hybridized carbons (Fsp3) is 0.800. The minimum atomic E-state index is -5.22. The van der Waals surface area contributed by atoms with Crippen molar-refractivity contribution in [1.29, 1.82) is 0 Å². The predicted octanol–water partition coefficient (Wildman–Crippen LogP) is -0.0678. The molecule has 7 nitrogen and oxygen atoms in total. The van der Waals surface area contributed by atoms with Crippen LogP contribution in [0.2, 0.25) is 0 Å². The van der Waals surface area contributed by atoms with Crippen LogP contribution < -0.4 is 5.32 Å². The van der Waals surface area contributed by atoms with Gasteiger partial charge in [0.15, 0.2) is 0 Å². The van der Waals surface area contributed by atoms with Crippen molar-refractivity contribution < 1.29 is 36.3 Å². The van der Waals surface area contributed by atoms with Gasteiger partial charge >= 0.3 is 12.1 Å². The molecule has 1 heterocycles. The SMILES string of the molecule is CC(NC(=O)C1CCCN1S(C)(=O)=O)(C(=O)O)C(F)(F)F. The first-order valence-corrected chi connectivity index (χ1v) is 7.74. The van der Waals surface area contributed by atoms with E-state index in [2.05, 4.69) is 0 Å². The lowest BCUT2D eigenvalue weighted by Gasteiger charge is -2.31. The Bertz CT molecular complexity index is 547. The first kappa shape index (κ1) is 17.7. The highest BCUT2D eigenvalue weighted by Crippen LogP contribution is 2.31. The highest BCUT2D eigenvalue weighted by molar-refractivity contribution is 7.88. The molecule has 0 aromatic heterocycles. The summed E-state index contributed by atoms with van der Waals surface area (Å²) in [6.07, 6.45) is -4.05. The molecule has 21 heavy (non-hydrogen) atoms. The Kier molecular flexibility index (Phi) is 4.59. The normalized spacial score (nSPS) is 23.6. The third-order valence-electron chi connectivity index (χ3n) is 3.30. The average Bonchev–Trinajstić information content (AvgIpc) is 2.75. The van der Waals surface area contributed by atoms with Gasteiger partial charge in [0.1, 0.15) is 6.04 Å². The van der Waals surface area contributed by atoms with Crippen LogP contribution in [0.3, 0.4) is 0 Å². The summed E-state index contributed by atoms with van der Waals surface area (Å²) in [4.78, 5) is 22.7. The average molecular weight is 332 g/mol.